The molecule has 69 heavy (non-hydrogen) atoms. The van der Waals surface area contributed by atoms with Crippen molar-refractivity contribution in [3.05, 3.63) is 224 Å². The van der Waals surface area contributed by atoms with Crippen LogP contribution < -0.4 is 0 Å². The zero-order valence-corrected chi connectivity index (χ0v) is 37.0. The maximum absolute atomic E-state index is 7.00. The van der Waals surface area contributed by atoms with E-state index in [0.717, 1.165) is 93.7 Å². The van der Waals surface area contributed by atoms with Crippen molar-refractivity contribution < 1.29 is 4.42 Å². The molecule has 0 saturated carbocycles. The highest BCUT2D eigenvalue weighted by atomic mass is 16.3. The summed E-state index contributed by atoms with van der Waals surface area (Å²) in [6.07, 6.45) is 0. The van der Waals surface area contributed by atoms with Gasteiger partial charge < -0.3 is 8.98 Å². The van der Waals surface area contributed by atoms with E-state index >= 15 is 0 Å². The van der Waals surface area contributed by atoms with Gasteiger partial charge in [-0.3, -0.25) is 4.57 Å². The average Bonchev–Trinajstić information content (AvgIpc) is 4.07. The van der Waals surface area contributed by atoms with Crippen LogP contribution in [0, 0.1) is 0 Å². The number of rotatable bonds is 5. The van der Waals surface area contributed by atoms with Crippen molar-refractivity contribution >= 4 is 65.6 Å². The van der Waals surface area contributed by atoms with Crippen LogP contribution in [-0.2, 0) is 0 Å². The summed E-state index contributed by atoms with van der Waals surface area (Å²) >= 11 is 0. The van der Waals surface area contributed by atoms with Crippen LogP contribution in [0.25, 0.3) is 144 Å². The monoisotopic (exact) mass is 879 g/mol. The van der Waals surface area contributed by atoms with Gasteiger partial charge in [0.2, 0.25) is 5.95 Å². The highest BCUT2D eigenvalue weighted by Crippen LogP contribution is 2.50. The maximum Gasteiger partial charge on any atom is 0.238 e. The first-order chi connectivity index (χ1) is 34.3. The van der Waals surface area contributed by atoms with Crippen LogP contribution in [0.5, 0.6) is 0 Å². The number of hydrogen-bond donors (Lipinski definition) is 0. The summed E-state index contributed by atoms with van der Waals surface area (Å²) in [4.78, 5) is 16.5. The lowest BCUT2D eigenvalue weighted by molar-refractivity contribution is 0.670. The van der Waals surface area contributed by atoms with Crippen molar-refractivity contribution in [2.45, 2.75) is 0 Å². The summed E-state index contributed by atoms with van der Waals surface area (Å²) < 4.78 is 11.8. The SMILES string of the molecule is c1ccc(-c2nc(-c3ccc(-c4ccccc4)c4oc5cccc(-c6ccccc6)c5c34)nc(-n3c4ccccc4c4ccc5c6cccc7c6n(c5c43)-c3ccccc3-c3ccccc3-7)n2)cc1. The minimum atomic E-state index is 0.525. The number of benzene rings is 10. The molecule has 6 nitrogen and oxygen atoms in total. The van der Waals surface area contributed by atoms with Crippen LogP contribution in [0.1, 0.15) is 0 Å². The van der Waals surface area contributed by atoms with Gasteiger partial charge in [0, 0.05) is 60.1 Å². The lowest BCUT2D eigenvalue weighted by Crippen LogP contribution is -2.07. The third-order valence-corrected chi connectivity index (χ3v) is 14.1. The Balaban J connectivity index is 1.10. The molecule has 10 aromatic carbocycles. The Morgan fingerprint density at radius 2 is 0.841 bits per heavy atom. The molecule has 0 radical (unpaired) electrons. The van der Waals surface area contributed by atoms with Crippen molar-refractivity contribution in [3.8, 4) is 78.9 Å². The summed E-state index contributed by atoms with van der Waals surface area (Å²) in [5, 5.41) is 6.54. The predicted octanol–water partition coefficient (Wildman–Crippen LogP) is 16.3. The minimum absolute atomic E-state index is 0.525. The topological polar surface area (TPSA) is 61.7 Å². The minimum Gasteiger partial charge on any atom is -0.455 e. The van der Waals surface area contributed by atoms with Crippen LogP contribution in [0.15, 0.2) is 229 Å². The molecule has 320 valence electrons. The number of hydrogen-bond acceptors (Lipinski definition) is 4. The second-order valence-corrected chi connectivity index (χ2v) is 17.8. The lowest BCUT2D eigenvalue weighted by atomic mass is 9.94. The summed E-state index contributed by atoms with van der Waals surface area (Å²) in [6, 6.07) is 79.5. The molecule has 0 N–H and O–H groups in total. The zero-order chi connectivity index (χ0) is 45.2. The van der Waals surface area contributed by atoms with Gasteiger partial charge in [-0.15, -0.1) is 0 Å². The van der Waals surface area contributed by atoms with E-state index in [1.54, 1.807) is 0 Å². The Morgan fingerprint density at radius 3 is 1.62 bits per heavy atom. The van der Waals surface area contributed by atoms with Crippen LogP contribution in [0.4, 0.5) is 0 Å². The molecule has 0 unspecified atom stereocenters. The molecule has 1 aliphatic rings. The summed E-state index contributed by atoms with van der Waals surface area (Å²) in [6.45, 7) is 0. The molecular formula is C63H37N5O. The summed E-state index contributed by atoms with van der Waals surface area (Å²) in [5.41, 5.74) is 17.8. The third-order valence-electron chi connectivity index (χ3n) is 14.1. The van der Waals surface area contributed by atoms with Crippen LogP contribution in [0.3, 0.4) is 0 Å². The molecule has 1 aliphatic heterocycles. The van der Waals surface area contributed by atoms with E-state index in [4.69, 9.17) is 19.4 Å². The van der Waals surface area contributed by atoms with Gasteiger partial charge in [-0.2, -0.15) is 9.97 Å². The van der Waals surface area contributed by atoms with Crippen molar-refractivity contribution in [1.82, 2.24) is 24.1 Å². The summed E-state index contributed by atoms with van der Waals surface area (Å²) in [7, 11) is 0. The number of para-hydroxylation sites is 3. The van der Waals surface area contributed by atoms with E-state index in [-0.39, 0.29) is 0 Å². The maximum atomic E-state index is 7.00. The first-order valence-electron chi connectivity index (χ1n) is 23.4. The van der Waals surface area contributed by atoms with Crippen molar-refractivity contribution in [1.29, 1.82) is 0 Å². The molecule has 15 rings (SSSR count). The van der Waals surface area contributed by atoms with Gasteiger partial charge in [0.15, 0.2) is 11.6 Å². The lowest BCUT2D eigenvalue weighted by Gasteiger charge is -2.15. The van der Waals surface area contributed by atoms with Gasteiger partial charge >= 0.3 is 0 Å². The molecule has 5 heterocycles. The number of fused-ring (bicyclic) bond motifs is 15. The first kappa shape index (κ1) is 37.8. The molecule has 6 heteroatoms. The molecular weight excluding hydrogens is 843 g/mol. The quantitative estimate of drug-likeness (QED) is 0.173. The fourth-order valence-electron chi connectivity index (χ4n) is 11.2. The van der Waals surface area contributed by atoms with Gasteiger partial charge in [-0.05, 0) is 58.1 Å². The molecule has 0 fully saturated rings. The van der Waals surface area contributed by atoms with Gasteiger partial charge in [0.05, 0.1) is 27.8 Å². The van der Waals surface area contributed by atoms with E-state index < -0.39 is 0 Å². The Kier molecular flexibility index (Phi) is 7.97. The van der Waals surface area contributed by atoms with Crippen LogP contribution in [0.2, 0.25) is 0 Å². The second kappa shape index (κ2) is 14.6. The average molecular weight is 880 g/mol. The Morgan fingerprint density at radius 1 is 0.304 bits per heavy atom. The summed E-state index contributed by atoms with van der Waals surface area (Å²) in [5.74, 6) is 1.65. The molecule has 4 aromatic heterocycles. The van der Waals surface area contributed by atoms with Crippen molar-refractivity contribution in [3.63, 3.8) is 0 Å². The van der Waals surface area contributed by atoms with E-state index in [1.807, 2.05) is 24.3 Å². The van der Waals surface area contributed by atoms with Crippen molar-refractivity contribution in [2.24, 2.45) is 0 Å². The number of aromatic nitrogens is 5. The van der Waals surface area contributed by atoms with Crippen LogP contribution in [-0.4, -0.2) is 24.1 Å². The van der Waals surface area contributed by atoms with E-state index in [2.05, 4.69) is 209 Å². The molecule has 0 bridgehead atoms. The van der Waals surface area contributed by atoms with Gasteiger partial charge in [-0.25, -0.2) is 4.98 Å². The predicted molar refractivity (Wildman–Crippen MR) is 282 cm³/mol. The zero-order valence-electron chi connectivity index (χ0n) is 37.0. The molecule has 0 spiro atoms. The molecule has 0 aliphatic carbocycles. The number of nitrogens with zero attached hydrogens (tertiary/aromatic N) is 5. The number of furan rings is 1. The fraction of sp³-hybridized carbons (Fsp3) is 0. The first-order valence-corrected chi connectivity index (χ1v) is 23.4. The van der Waals surface area contributed by atoms with E-state index in [0.29, 0.717) is 17.6 Å². The molecule has 14 aromatic rings. The van der Waals surface area contributed by atoms with Gasteiger partial charge in [-0.1, -0.05) is 194 Å². The molecule has 0 amide bonds. The highest BCUT2D eigenvalue weighted by Gasteiger charge is 2.29. The fourth-order valence-corrected chi connectivity index (χ4v) is 11.2. The smallest absolute Gasteiger partial charge is 0.238 e. The van der Waals surface area contributed by atoms with Gasteiger partial charge in [0.25, 0.3) is 0 Å². The van der Waals surface area contributed by atoms with Crippen molar-refractivity contribution in [2.75, 3.05) is 0 Å². The molecule has 0 saturated heterocycles. The normalized spacial score (nSPS) is 12.1. The second-order valence-electron chi connectivity index (χ2n) is 17.8. The molecule has 0 atom stereocenters. The Bertz CT molecular complexity index is 4410. The van der Waals surface area contributed by atoms with E-state index in [9.17, 15) is 0 Å². The Labute approximate surface area is 395 Å². The third kappa shape index (κ3) is 5.45. The van der Waals surface area contributed by atoms with E-state index in [1.165, 1.54) is 33.2 Å². The Hall–Kier alpha value is -9.39. The standard InChI is InChI=1S/C63H37N5O/c1-4-18-38(19-5-1)41-28-17-33-54-55(41)56-51(37-34-42(60(56)69-54)39-20-6-2-7-21-39)62-64-61(40-22-8-3-9-23-40)65-63(66-62)68-53-32-15-13-27-46(53)49-35-36-50-48-30-16-29-47-44-25-11-10-24-43(44)45-26-12-14-31-52(45)67(57(47)48)58(50)59(49)68/h1-37H. The largest absolute Gasteiger partial charge is 0.455 e. The highest BCUT2D eigenvalue weighted by molar-refractivity contribution is 6.26. The van der Waals surface area contributed by atoms with Gasteiger partial charge in [0.1, 0.15) is 11.2 Å². The van der Waals surface area contributed by atoms with Crippen LogP contribution >= 0.6 is 0 Å².